The monoisotopic (exact) mass is 372 g/mol. The maximum absolute atomic E-state index is 12.8. The summed E-state index contributed by atoms with van der Waals surface area (Å²) in [6.45, 7) is 2.32. The van der Waals surface area contributed by atoms with Crippen molar-refractivity contribution in [2.45, 2.75) is 20.0 Å². The minimum Gasteiger partial charge on any atom is -0.310 e. The topological polar surface area (TPSA) is 66.5 Å². The highest BCUT2D eigenvalue weighted by Crippen LogP contribution is 2.35. The zero-order valence-corrected chi connectivity index (χ0v) is 14.0. The van der Waals surface area contributed by atoms with Crippen LogP contribution in [-0.2, 0) is 21.0 Å². The van der Waals surface area contributed by atoms with E-state index in [2.05, 4.69) is 4.72 Å². The number of amides is 1. The van der Waals surface area contributed by atoms with E-state index in [4.69, 9.17) is 11.6 Å². The van der Waals surface area contributed by atoms with E-state index >= 15 is 0 Å². The van der Waals surface area contributed by atoms with Gasteiger partial charge in [0.1, 0.15) is 0 Å². The Balaban J connectivity index is 3.04. The van der Waals surface area contributed by atoms with Gasteiger partial charge in [0.05, 0.1) is 22.0 Å². The van der Waals surface area contributed by atoms with Crippen molar-refractivity contribution in [1.82, 2.24) is 4.72 Å². The van der Waals surface area contributed by atoms with Crippen molar-refractivity contribution in [3.05, 3.63) is 28.8 Å². The molecule has 1 amide bonds. The molecule has 0 bridgehead atoms. The lowest BCUT2D eigenvalue weighted by molar-refractivity contribution is -0.137. The molecule has 0 atom stereocenters. The predicted octanol–water partition coefficient (Wildman–Crippen LogP) is 2.65. The molecule has 0 saturated heterocycles. The Hall–Kier alpha value is -1.32. The van der Waals surface area contributed by atoms with Crippen LogP contribution >= 0.6 is 11.6 Å². The van der Waals surface area contributed by atoms with E-state index in [1.807, 2.05) is 0 Å². The number of benzene rings is 1. The number of alkyl halides is 3. The molecule has 0 aliphatic carbocycles. The average Bonchev–Trinajstić information content (AvgIpc) is 2.43. The van der Waals surface area contributed by atoms with Gasteiger partial charge in [-0.1, -0.05) is 11.6 Å². The number of halogens is 4. The van der Waals surface area contributed by atoms with E-state index in [1.165, 1.54) is 6.92 Å². The number of rotatable bonds is 6. The smallest absolute Gasteiger partial charge is 0.310 e. The summed E-state index contributed by atoms with van der Waals surface area (Å²) >= 11 is 5.88. The second kappa shape index (κ2) is 7.50. The van der Waals surface area contributed by atoms with Crippen LogP contribution in [0.5, 0.6) is 0 Å². The molecule has 0 heterocycles. The third-order valence-corrected chi connectivity index (χ3v) is 4.71. The van der Waals surface area contributed by atoms with Crippen LogP contribution in [0, 0.1) is 0 Å². The first-order valence-corrected chi connectivity index (χ1v) is 8.63. The lowest BCUT2D eigenvalue weighted by Crippen LogP contribution is -2.38. The van der Waals surface area contributed by atoms with Crippen molar-refractivity contribution in [3.63, 3.8) is 0 Å². The molecule has 1 aromatic rings. The van der Waals surface area contributed by atoms with Crippen molar-refractivity contribution in [3.8, 4) is 0 Å². The van der Waals surface area contributed by atoms with Gasteiger partial charge in [-0.15, -0.1) is 0 Å². The first-order valence-electron chi connectivity index (χ1n) is 6.60. The van der Waals surface area contributed by atoms with Crippen LogP contribution < -0.4 is 9.62 Å². The van der Waals surface area contributed by atoms with Gasteiger partial charge in [0, 0.05) is 20.0 Å². The van der Waals surface area contributed by atoms with Crippen molar-refractivity contribution < 1.29 is 26.4 Å². The van der Waals surface area contributed by atoms with E-state index in [1.54, 1.807) is 0 Å². The number of hydrogen-bond acceptors (Lipinski definition) is 3. The molecule has 1 N–H and O–H groups in total. The van der Waals surface area contributed by atoms with Gasteiger partial charge in [0.15, 0.2) is 0 Å². The third-order valence-electron chi connectivity index (χ3n) is 2.98. The lowest BCUT2D eigenvalue weighted by atomic mass is 10.1. The highest BCUT2D eigenvalue weighted by molar-refractivity contribution is 7.89. The molecule has 0 aliphatic rings. The predicted molar refractivity (Wildman–Crippen MR) is 81.9 cm³/mol. The maximum Gasteiger partial charge on any atom is 0.416 e. The minimum atomic E-state index is -4.58. The molecule has 1 rings (SSSR count). The van der Waals surface area contributed by atoms with Crippen LogP contribution in [0.1, 0.15) is 19.4 Å². The number of sulfonamides is 1. The first kappa shape index (κ1) is 19.7. The van der Waals surface area contributed by atoms with Gasteiger partial charge >= 0.3 is 6.18 Å². The molecule has 130 valence electrons. The largest absolute Gasteiger partial charge is 0.416 e. The SMILES string of the molecule is CCS(=O)(=O)NCCN(C(C)=O)c1cc(C(F)(F)F)ccc1Cl. The van der Waals surface area contributed by atoms with Gasteiger partial charge in [0.2, 0.25) is 15.9 Å². The fourth-order valence-electron chi connectivity index (χ4n) is 1.76. The van der Waals surface area contributed by atoms with Crippen molar-refractivity contribution >= 4 is 33.2 Å². The van der Waals surface area contributed by atoms with Gasteiger partial charge in [-0.2, -0.15) is 13.2 Å². The Morgan fingerprint density at radius 2 is 1.96 bits per heavy atom. The zero-order chi connectivity index (χ0) is 17.8. The van der Waals surface area contributed by atoms with Gasteiger partial charge in [-0.3, -0.25) is 4.79 Å². The number of nitrogens with one attached hydrogen (secondary N) is 1. The van der Waals surface area contributed by atoms with Gasteiger partial charge in [-0.25, -0.2) is 13.1 Å². The van der Waals surface area contributed by atoms with Crippen molar-refractivity contribution in [1.29, 1.82) is 0 Å². The fourth-order valence-corrected chi connectivity index (χ4v) is 2.58. The second-order valence-corrected chi connectivity index (χ2v) is 7.14. The number of carbonyl (C=O) groups is 1. The minimum absolute atomic E-state index is 0.0356. The standard InChI is InChI=1S/C13H16ClF3N2O3S/c1-3-23(21,22)18-6-7-19(9(2)20)12-8-10(13(15,16)17)4-5-11(12)14/h4-5,8,18H,3,6-7H2,1-2H3. The third kappa shape index (κ3) is 5.67. The summed E-state index contributed by atoms with van der Waals surface area (Å²) in [7, 11) is -3.47. The zero-order valence-electron chi connectivity index (χ0n) is 12.4. The van der Waals surface area contributed by atoms with Crippen LogP contribution in [0.2, 0.25) is 5.02 Å². The van der Waals surface area contributed by atoms with Crippen molar-refractivity contribution in [2.24, 2.45) is 0 Å². The Bertz CT molecular complexity index is 678. The number of hydrogen-bond donors (Lipinski definition) is 1. The molecule has 10 heteroatoms. The average molecular weight is 373 g/mol. The molecule has 0 aromatic heterocycles. The number of anilines is 1. The molecular formula is C13H16ClF3N2O3S. The summed E-state index contributed by atoms with van der Waals surface area (Å²) in [5, 5.41) is -0.0356. The summed E-state index contributed by atoms with van der Waals surface area (Å²) in [5.74, 6) is -0.695. The summed E-state index contributed by atoms with van der Waals surface area (Å²) < 4.78 is 63.3. The van der Waals surface area contributed by atoms with E-state index in [0.717, 1.165) is 30.0 Å². The van der Waals surface area contributed by atoms with E-state index in [-0.39, 0.29) is 29.6 Å². The molecule has 0 unspecified atom stereocenters. The van der Waals surface area contributed by atoms with Crippen LogP contribution in [0.25, 0.3) is 0 Å². The summed E-state index contributed by atoms with van der Waals surface area (Å²) in [4.78, 5) is 12.7. The fraction of sp³-hybridized carbons (Fsp3) is 0.462. The van der Waals surface area contributed by atoms with Gasteiger partial charge in [-0.05, 0) is 25.1 Å². The molecular weight excluding hydrogens is 357 g/mol. The van der Waals surface area contributed by atoms with E-state index in [9.17, 15) is 26.4 Å². The van der Waals surface area contributed by atoms with E-state index < -0.39 is 27.7 Å². The highest BCUT2D eigenvalue weighted by Gasteiger charge is 2.32. The molecule has 0 aliphatic heterocycles. The molecule has 1 aromatic carbocycles. The van der Waals surface area contributed by atoms with Gasteiger partial charge in [0.25, 0.3) is 0 Å². The second-order valence-electron chi connectivity index (χ2n) is 4.63. The molecule has 23 heavy (non-hydrogen) atoms. The number of nitrogens with zero attached hydrogens (tertiary/aromatic N) is 1. The molecule has 0 radical (unpaired) electrons. The highest BCUT2D eigenvalue weighted by atomic mass is 35.5. The Labute approximate surface area is 137 Å². The lowest BCUT2D eigenvalue weighted by Gasteiger charge is -2.23. The summed E-state index contributed by atoms with van der Waals surface area (Å²) in [5.41, 5.74) is -1.07. The number of carbonyl (C=O) groups excluding carboxylic acids is 1. The summed E-state index contributed by atoms with van der Waals surface area (Å²) in [6, 6.07) is 2.62. The van der Waals surface area contributed by atoms with Crippen LogP contribution in [0.3, 0.4) is 0 Å². The van der Waals surface area contributed by atoms with Crippen LogP contribution in [-0.4, -0.2) is 33.2 Å². The van der Waals surface area contributed by atoms with Crippen LogP contribution in [0.15, 0.2) is 18.2 Å². The quantitative estimate of drug-likeness (QED) is 0.834. The Morgan fingerprint density at radius 3 is 2.43 bits per heavy atom. The first-order chi connectivity index (χ1) is 10.5. The Kier molecular flexibility index (Phi) is 6.43. The van der Waals surface area contributed by atoms with Gasteiger partial charge < -0.3 is 4.90 Å². The molecule has 0 spiro atoms. The van der Waals surface area contributed by atoms with E-state index in [0.29, 0.717) is 0 Å². The molecule has 0 saturated carbocycles. The molecule has 0 fully saturated rings. The normalized spacial score (nSPS) is 12.3. The van der Waals surface area contributed by atoms with Crippen LogP contribution in [0.4, 0.5) is 18.9 Å². The Morgan fingerprint density at radius 1 is 1.35 bits per heavy atom. The van der Waals surface area contributed by atoms with Crippen molar-refractivity contribution in [2.75, 3.05) is 23.7 Å². The maximum atomic E-state index is 12.8. The molecule has 5 nitrogen and oxygen atoms in total. The summed E-state index contributed by atoms with van der Waals surface area (Å²) in [6.07, 6.45) is -4.58.